The van der Waals surface area contributed by atoms with E-state index in [0.717, 1.165) is 39.5 Å². The summed E-state index contributed by atoms with van der Waals surface area (Å²) in [6.07, 6.45) is 1.74. The molecule has 0 unspecified atom stereocenters. The quantitative estimate of drug-likeness (QED) is 0.167. The number of benzene rings is 4. The van der Waals surface area contributed by atoms with Gasteiger partial charge in [-0.15, -0.1) is 0 Å². The van der Waals surface area contributed by atoms with Crippen molar-refractivity contribution in [1.29, 1.82) is 0 Å². The zero-order chi connectivity index (χ0) is 23.9. The summed E-state index contributed by atoms with van der Waals surface area (Å²) in [7, 11) is 0. The Hall–Kier alpha value is -4.55. The van der Waals surface area contributed by atoms with Crippen LogP contribution in [0.3, 0.4) is 0 Å². The molecule has 170 valence electrons. The molecule has 2 N–H and O–H groups in total. The molecule has 0 saturated heterocycles. The average molecular weight is 474 g/mol. The van der Waals surface area contributed by atoms with Crippen LogP contribution in [0.5, 0.6) is 0 Å². The normalized spacial score (nSPS) is 10.9. The van der Waals surface area contributed by atoms with Crippen molar-refractivity contribution in [3.63, 3.8) is 0 Å². The van der Waals surface area contributed by atoms with Crippen molar-refractivity contribution in [2.45, 2.75) is 0 Å². The molecule has 0 amide bonds. The molecule has 5 rings (SSSR count). The molecule has 4 aromatic carbocycles. The maximum absolute atomic E-state index is 5.29. The number of aromatic nitrogens is 2. The van der Waals surface area contributed by atoms with Crippen molar-refractivity contribution in [1.82, 2.24) is 15.2 Å². The molecular weight excluding hydrogens is 450 g/mol. The standard InChI is InChI=1S/C29H23N5S/c35-29(31-25-14-8-3-9-15-25)32-30-21-22-16-18-26(19-17-22)34-28(24-12-6-2-7-13-24)20-27(33-34)23-10-4-1-5-11-23/h1-21H,(H2,31,32,35). The second kappa shape index (κ2) is 10.6. The van der Waals surface area contributed by atoms with Crippen LogP contribution in [0.2, 0.25) is 0 Å². The molecule has 5 nitrogen and oxygen atoms in total. The van der Waals surface area contributed by atoms with Crippen LogP contribution >= 0.6 is 12.2 Å². The monoisotopic (exact) mass is 473 g/mol. The Balaban J connectivity index is 1.35. The number of para-hydroxylation sites is 1. The maximum atomic E-state index is 5.29. The van der Waals surface area contributed by atoms with Gasteiger partial charge in [0.1, 0.15) is 0 Å². The summed E-state index contributed by atoms with van der Waals surface area (Å²) in [5.74, 6) is 0. The van der Waals surface area contributed by atoms with Crippen LogP contribution in [-0.4, -0.2) is 21.1 Å². The van der Waals surface area contributed by atoms with E-state index in [1.54, 1.807) is 6.21 Å². The van der Waals surface area contributed by atoms with Gasteiger partial charge in [0.15, 0.2) is 5.11 Å². The molecule has 0 spiro atoms. The highest BCUT2D eigenvalue weighted by molar-refractivity contribution is 7.80. The van der Waals surface area contributed by atoms with Gasteiger partial charge in [-0.2, -0.15) is 10.2 Å². The Morgan fingerprint density at radius 2 is 1.34 bits per heavy atom. The van der Waals surface area contributed by atoms with Crippen molar-refractivity contribution in [3.8, 4) is 28.2 Å². The van der Waals surface area contributed by atoms with Crippen LogP contribution in [0.15, 0.2) is 126 Å². The molecule has 0 aliphatic heterocycles. The van der Waals surface area contributed by atoms with E-state index in [9.17, 15) is 0 Å². The summed E-state index contributed by atoms with van der Waals surface area (Å²) in [6.45, 7) is 0. The Labute approximate surface area is 209 Å². The molecular formula is C29H23N5S. The molecule has 0 atom stereocenters. The van der Waals surface area contributed by atoms with E-state index < -0.39 is 0 Å². The van der Waals surface area contributed by atoms with Gasteiger partial charge in [-0.05, 0) is 48.1 Å². The Kier molecular flexibility index (Phi) is 6.73. The number of hydrogen-bond acceptors (Lipinski definition) is 3. The Morgan fingerprint density at radius 1 is 0.743 bits per heavy atom. The third-order valence-electron chi connectivity index (χ3n) is 5.40. The molecule has 0 saturated carbocycles. The molecule has 35 heavy (non-hydrogen) atoms. The predicted molar refractivity (Wildman–Crippen MR) is 148 cm³/mol. The highest BCUT2D eigenvalue weighted by Gasteiger charge is 2.13. The number of anilines is 1. The molecule has 0 fully saturated rings. The number of rotatable bonds is 6. The molecule has 1 aromatic heterocycles. The highest BCUT2D eigenvalue weighted by atomic mass is 32.1. The van der Waals surface area contributed by atoms with Gasteiger partial charge in [-0.25, -0.2) is 4.68 Å². The SMILES string of the molecule is S=C(NN=Cc1ccc(-n2nc(-c3ccccc3)cc2-c2ccccc2)cc1)Nc1ccccc1. The molecule has 0 bridgehead atoms. The van der Waals surface area contributed by atoms with Crippen LogP contribution < -0.4 is 10.7 Å². The number of nitrogens with zero attached hydrogens (tertiary/aromatic N) is 3. The van der Waals surface area contributed by atoms with Crippen molar-refractivity contribution < 1.29 is 0 Å². The van der Waals surface area contributed by atoms with Crippen LogP contribution in [-0.2, 0) is 0 Å². The van der Waals surface area contributed by atoms with Gasteiger partial charge in [0.25, 0.3) is 0 Å². The van der Waals surface area contributed by atoms with Crippen LogP contribution in [0.25, 0.3) is 28.2 Å². The van der Waals surface area contributed by atoms with E-state index in [-0.39, 0.29) is 0 Å². The first-order valence-electron chi connectivity index (χ1n) is 11.2. The van der Waals surface area contributed by atoms with Crippen molar-refractivity contribution in [2.24, 2.45) is 5.10 Å². The molecule has 5 aromatic rings. The van der Waals surface area contributed by atoms with E-state index in [1.807, 2.05) is 95.7 Å². The minimum Gasteiger partial charge on any atom is -0.331 e. The van der Waals surface area contributed by atoms with Crippen LogP contribution in [0.1, 0.15) is 5.56 Å². The summed E-state index contributed by atoms with van der Waals surface area (Å²) >= 11 is 5.29. The lowest BCUT2D eigenvalue weighted by atomic mass is 10.1. The van der Waals surface area contributed by atoms with Crippen LogP contribution in [0, 0.1) is 0 Å². The lowest BCUT2D eigenvalue weighted by molar-refractivity contribution is 0.892. The van der Waals surface area contributed by atoms with E-state index >= 15 is 0 Å². The second-order valence-corrected chi connectivity index (χ2v) is 8.25. The summed E-state index contributed by atoms with van der Waals surface area (Å²) in [5.41, 5.74) is 9.83. The van der Waals surface area contributed by atoms with E-state index in [2.05, 4.69) is 46.2 Å². The van der Waals surface area contributed by atoms with Gasteiger partial charge in [0.2, 0.25) is 0 Å². The number of thiocarbonyl (C=S) groups is 1. The zero-order valence-electron chi connectivity index (χ0n) is 18.9. The third kappa shape index (κ3) is 5.51. The molecule has 1 heterocycles. The topological polar surface area (TPSA) is 54.2 Å². The summed E-state index contributed by atoms with van der Waals surface area (Å²) in [6, 6.07) is 40.5. The first-order valence-corrected chi connectivity index (χ1v) is 11.6. The summed E-state index contributed by atoms with van der Waals surface area (Å²) < 4.78 is 1.98. The minimum absolute atomic E-state index is 0.432. The largest absolute Gasteiger partial charge is 0.331 e. The molecule has 0 aliphatic carbocycles. The fraction of sp³-hybridized carbons (Fsp3) is 0. The lowest BCUT2D eigenvalue weighted by Crippen LogP contribution is -2.23. The van der Waals surface area contributed by atoms with Gasteiger partial charge >= 0.3 is 0 Å². The fourth-order valence-electron chi connectivity index (χ4n) is 3.69. The average Bonchev–Trinajstić information content (AvgIpc) is 3.36. The lowest BCUT2D eigenvalue weighted by Gasteiger charge is -2.08. The molecule has 6 heteroatoms. The Morgan fingerprint density at radius 3 is 2.00 bits per heavy atom. The van der Waals surface area contributed by atoms with E-state index in [4.69, 9.17) is 17.3 Å². The third-order valence-corrected chi connectivity index (χ3v) is 5.59. The number of hydrazone groups is 1. The van der Waals surface area contributed by atoms with Crippen LogP contribution in [0.4, 0.5) is 5.69 Å². The van der Waals surface area contributed by atoms with Crippen molar-refractivity contribution in [3.05, 3.63) is 127 Å². The van der Waals surface area contributed by atoms with Gasteiger partial charge in [0.05, 0.1) is 23.3 Å². The van der Waals surface area contributed by atoms with E-state index in [1.165, 1.54) is 0 Å². The van der Waals surface area contributed by atoms with Crippen molar-refractivity contribution >= 4 is 29.2 Å². The number of nitrogens with one attached hydrogen (secondary N) is 2. The maximum Gasteiger partial charge on any atom is 0.191 e. The Bertz CT molecular complexity index is 1430. The van der Waals surface area contributed by atoms with Gasteiger partial charge in [0, 0.05) is 16.8 Å². The molecule has 0 aliphatic rings. The van der Waals surface area contributed by atoms with Gasteiger partial charge in [-0.1, -0.05) is 91.0 Å². The minimum atomic E-state index is 0.432. The fourth-order valence-corrected chi connectivity index (χ4v) is 3.86. The highest BCUT2D eigenvalue weighted by Crippen LogP contribution is 2.28. The van der Waals surface area contributed by atoms with Crippen molar-refractivity contribution in [2.75, 3.05) is 5.32 Å². The first kappa shape index (κ1) is 22.3. The zero-order valence-corrected chi connectivity index (χ0v) is 19.7. The summed E-state index contributed by atoms with van der Waals surface area (Å²) in [5, 5.41) is 12.7. The smallest absolute Gasteiger partial charge is 0.191 e. The first-order chi connectivity index (χ1) is 17.3. The number of hydrogen-bond donors (Lipinski definition) is 2. The second-order valence-electron chi connectivity index (χ2n) is 7.84. The van der Waals surface area contributed by atoms with E-state index in [0.29, 0.717) is 5.11 Å². The predicted octanol–water partition coefficient (Wildman–Crippen LogP) is 6.53. The van der Waals surface area contributed by atoms with Gasteiger partial charge < -0.3 is 5.32 Å². The molecule has 0 radical (unpaired) electrons. The van der Waals surface area contributed by atoms with Gasteiger partial charge in [-0.3, -0.25) is 5.43 Å². The summed E-state index contributed by atoms with van der Waals surface area (Å²) in [4.78, 5) is 0.